The molecule has 0 saturated heterocycles. The van der Waals surface area contributed by atoms with E-state index in [9.17, 15) is 9.59 Å². The molecule has 0 aliphatic rings. The molecule has 1 aromatic rings. The third-order valence-corrected chi connectivity index (χ3v) is 3.60. The molecule has 0 spiro atoms. The molecule has 140 valence electrons. The predicted molar refractivity (Wildman–Crippen MR) is 94.6 cm³/mol. The molecular formula is C19H30NO5+. The number of methoxy groups -OCH3 is 1. The summed E-state index contributed by atoms with van der Waals surface area (Å²) in [6, 6.07) is 8.00. The zero-order valence-electron chi connectivity index (χ0n) is 16.1. The van der Waals surface area contributed by atoms with Crippen LogP contribution >= 0.6 is 0 Å². The Bertz CT molecular complexity index is 576. The summed E-state index contributed by atoms with van der Waals surface area (Å²) in [6.45, 7) is 4.10. The van der Waals surface area contributed by atoms with E-state index < -0.39 is 17.4 Å². The molecule has 1 atom stereocenters. The minimum absolute atomic E-state index is 0.0720. The van der Waals surface area contributed by atoms with Crippen LogP contribution in [0.2, 0.25) is 0 Å². The van der Waals surface area contributed by atoms with Gasteiger partial charge in [0.2, 0.25) is 0 Å². The van der Waals surface area contributed by atoms with Gasteiger partial charge in [0.05, 0.1) is 27.7 Å². The molecule has 0 N–H and O–H groups in total. The first kappa shape index (κ1) is 21.1. The van der Waals surface area contributed by atoms with Crippen molar-refractivity contribution in [1.82, 2.24) is 0 Å². The summed E-state index contributed by atoms with van der Waals surface area (Å²) >= 11 is 0. The van der Waals surface area contributed by atoms with Crippen LogP contribution in [0.15, 0.2) is 24.3 Å². The summed E-state index contributed by atoms with van der Waals surface area (Å²) in [4.78, 5) is 23.4. The van der Waals surface area contributed by atoms with E-state index in [-0.39, 0.29) is 19.8 Å². The van der Waals surface area contributed by atoms with Crippen molar-refractivity contribution in [2.24, 2.45) is 5.41 Å². The lowest BCUT2D eigenvalue weighted by atomic mass is 9.93. The highest BCUT2D eigenvalue weighted by molar-refractivity contribution is 5.77. The van der Waals surface area contributed by atoms with Gasteiger partial charge in [0.25, 0.3) is 0 Å². The smallest absolute Gasteiger partial charge is 0.317 e. The predicted octanol–water partition coefficient (Wildman–Crippen LogP) is 2.15. The number of nitrogens with zero attached hydrogens (tertiary/aromatic N) is 1. The van der Waals surface area contributed by atoms with Crippen LogP contribution in [0.3, 0.4) is 0 Å². The summed E-state index contributed by atoms with van der Waals surface area (Å²) in [6.07, 6.45) is 0. The van der Waals surface area contributed by atoms with Crippen molar-refractivity contribution in [3.05, 3.63) is 35.4 Å². The monoisotopic (exact) mass is 352 g/mol. The van der Waals surface area contributed by atoms with Crippen molar-refractivity contribution < 1.29 is 28.3 Å². The van der Waals surface area contributed by atoms with Gasteiger partial charge >= 0.3 is 11.9 Å². The van der Waals surface area contributed by atoms with E-state index >= 15 is 0 Å². The molecule has 1 rings (SSSR count). The van der Waals surface area contributed by atoms with E-state index in [0.717, 1.165) is 16.6 Å². The van der Waals surface area contributed by atoms with Gasteiger partial charge in [-0.15, -0.1) is 0 Å². The molecule has 0 aliphatic carbocycles. The molecule has 0 bridgehead atoms. The lowest BCUT2D eigenvalue weighted by molar-refractivity contribution is -0.884. The number of esters is 2. The Morgan fingerprint density at radius 3 is 2.04 bits per heavy atom. The summed E-state index contributed by atoms with van der Waals surface area (Å²) in [5, 5.41) is 0. The highest BCUT2D eigenvalue weighted by atomic mass is 16.6. The molecule has 0 amide bonds. The Balaban J connectivity index is 2.65. The van der Waals surface area contributed by atoms with Gasteiger partial charge in [-0.2, -0.15) is 0 Å². The number of hydrogen-bond donors (Lipinski definition) is 0. The van der Waals surface area contributed by atoms with Crippen LogP contribution in [0, 0.1) is 5.41 Å². The lowest BCUT2D eigenvalue weighted by Gasteiger charge is -2.26. The first-order chi connectivity index (χ1) is 11.6. The molecular weight excluding hydrogens is 322 g/mol. The molecule has 0 radical (unpaired) electrons. The molecule has 0 aliphatic heterocycles. The topological polar surface area (TPSA) is 61.8 Å². The van der Waals surface area contributed by atoms with E-state index in [1.54, 1.807) is 6.92 Å². The standard InChI is InChI=1S/C19H30NO5/c1-15(21)25-14-19(2,13-23-6)18(22)24-12-17-9-7-16(8-10-17)11-20(3,4)5/h7-10H,11-14H2,1-6H3/q+1. The minimum atomic E-state index is -1.02. The number of rotatable bonds is 9. The van der Waals surface area contributed by atoms with E-state index in [2.05, 4.69) is 21.1 Å². The van der Waals surface area contributed by atoms with Crippen LogP contribution < -0.4 is 0 Å². The molecule has 6 heteroatoms. The van der Waals surface area contributed by atoms with Crippen LogP contribution in [-0.2, 0) is 37.0 Å². The summed E-state index contributed by atoms with van der Waals surface area (Å²) in [5.74, 6) is -0.894. The minimum Gasteiger partial charge on any atom is -0.465 e. The molecule has 0 saturated carbocycles. The second-order valence-corrected chi connectivity index (χ2v) is 7.61. The zero-order chi connectivity index (χ0) is 19.1. The van der Waals surface area contributed by atoms with Crippen LogP contribution in [0.4, 0.5) is 0 Å². The van der Waals surface area contributed by atoms with Gasteiger partial charge < -0.3 is 18.7 Å². The Labute approximate surface area is 150 Å². The van der Waals surface area contributed by atoms with E-state index in [1.165, 1.54) is 19.6 Å². The van der Waals surface area contributed by atoms with Crippen LogP contribution in [0.5, 0.6) is 0 Å². The van der Waals surface area contributed by atoms with Crippen LogP contribution in [-0.4, -0.2) is 57.9 Å². The summed E-state index contributed by atoms with van der Waals surface area (Å²) in [5.41, 5.74) is 1.11. The van der Waals surface area contributed by atoms with Crippen molar-refractivity contribution in [3.8, 4) is 0 Å². The van der Waals surface area contributed by atoms with Crippen molar-refractivity contribution in [2.75, 3.05) is 41.5 Å². The first-order valence-electron chi connectivity index (χ1n) is 8.23. The van der Waals surface area contributed by atoms with Gasteiger partial charge in [-0.3, -0.25) is 9.59 Å². The number of hydrogen-bond acceptors (Lipinski definition) is 5. The third kappa shape index (κ3) is 7.67. The largest absolute Gasteiger partial charge is 0.465 e. The Morgan fingerprint density at radius 1 is 1.00 bits per heavy atom. The van der Waals surface area contributed by atoms with Gasteiger partial charge in [-0.1, -0.05) is 24.3 Å². The van der Waals surface area contributed by atoms with Crippen LogP contribution in [0.25, 0.3) is 0 Å². The Kier molecular flexibility index (Phi) is 7.58. The van der Waals surface area contributed by atoms with E-state index in [4.69, 9.17) is 14.2 Å². The maximum atomic E-state index is 12.4. The van der Waals surface area contributed by atoms with Crippen LogP contribution in [0.1, 0.15) is 25.0 Å². The number of carbonyl (C=O) groups excluding carboxylic acids is 2. The van der Waals surface area contributed by atoms with Gasteiger partial charge in [0, 0.05) is 19.6 Å². The van der Waals surface area contributed by atoms with E-state index in [0.29, 0.717) is 0 Å². The first-order valence-corrected chi connectivity index (χ1v) is 8.23. The van der Waals surface area contributed by atoms with Crippen molar-refractivity contribution in [2.45, 2.75) is 27.0 Å². The van der Waals surface area contributed by atoms with Gasteiger partial charge in [0.15, 0.2) is 0 Å². The summed E-state index contributed by atoms with van der Waals surface area (Å²) < 4.78 is 16.3. The quantitative estimate of drug-likeness (QED) is 0.503. The number of ether oxygens (including phenoxy) is 3. The fourth-order valence-corrected chi connectivity index (χ4v) is 2.35. The van der Waals surface area contributed by atoms with E-state index in [1.807, 2.05) is 24.3 Å². The highest BCUT2D eigenvalue weighted by Gasteiger charge is 2.36. The molecule has 1 unspecified atom stereocenters. The normalized spacial score (nSPS) is 13.8. The SMILES string of the molecule is COCC(C)(COC(C)=O)C(=O)OCc1ccc(C[N+](C)(C)C)cc1. The number of quaternary nitrogens is 1. The van der Waals surface area contributed by atoms with Crippen molar-refractivity contribution in [3.63, 3.8) is 0 Å². The Morgan fingerprint density at radius 2 is 1.56 bits per heavy atom. The van der Waals surface area contributed by atoms with Crippen molar-refractivity contribution >= 4 is 11.9 Å². The average Bonchev–Trinajstić information content (AvgIpc) is 2.51. The number of carbonyl (C=O) groups is 2. The highest BCUT2D eigenvalue weighted by Crippen LogP contribution is 2.21. The maximum Gasteiger partial charge on any atom is 0.317 e. The average molecular weight is 352 g/mol. The molecule has 6 nitrogen and oxygen atoms in total. The molecule has 25 heavy (non-hydrogen) atoms. The molecule has 1 aromatic carbocycles. The lowest BCUT2D eigenvalue weighted by Crippen LogP contribution is -2.39. The zero-order valence-corrected chi connectivity index (χ0v) is 16.1. The van der Waals surface area contributed by atoms with Gasteiger partial charge in [-0.05, 0) is 12.5 Å². The van der Waals surface area contributed by atoms with Gasteiger partial charge in [0.1, 0.15) is 25.2 Å². The fraction of sp³-hybridized carbons (Fsp3) is 0.579. The maximum absolute atomic E-state index is 12.4. The molecule has 0 fully saturated rings. The van der Waals surface area contributed by atoms with Gasteiger partial charge in [-0.25, -0.2) is 0 Å². The third-order valence-electron chi connectivity index (χ3n) is 3.60. The second kappa shape index (κ2) is 8.97. The summed E-state index contributed by atoms with van der Waals surface area (Å²) in [7, 11) is 7.89. The Hall–Kier alpha value is -1.92. The fourth-order valence-electron chi connectivity index (χ4n) is 2.35. The molecule has 0 heterocycles. The molecule has 0 aromatic heterocycles. The number of benzene rings is 1. The second-order valence-electron chi connectivity index (χ2n) is 7.61. The van der Waals surface area contributed by atoms with Crippen molar-refractivity contribution in [1.29, 1.82) is 0 Å².